The molecule has 104 valence electrons. The lowest BCUT2D eigenvalue weighted by molar-refractivity contribution is 0.339. The van der Waals surface area contributed by atoms with Crippen molar-refractivity contribution in [3.63, 3.8) is 0 Å². The van der Waals surface area contributed by atoms with Crippen molar-refractivity contribution in [1.82, 2.24) is 9.29 Å². The fourth-order valence-electron chi connectivity index (χ4n) is 1.72. The summed E-state index contributed by atoms with van der Waals surface area (Å²) in [6, 6.07) is 0. The first kappa shape index (κ1) is 15.9. The average Bonchev–Trinajstić information content (AvgIpc) is 2.78. The van der Waals surface area contributed by atoms with E-state index in [0.717, 1.165) is 24.2 Å². The molecule has 4 nitrogen and oxygen atoms in total. The van der Waals surface area contributed by atoms with Crippen LogP contribution in [0.3, 0.4) is 0 Å². The molecular formula is C11H19ClN2O2S2. The van der Waals surface area contributed by atoms with Crippen molar-refractivity contribution < 1.29 is 8.42 Å². The first-order valence-corrected chi connectivity index (χ1v) is 8.70. The van der Waals surface area contributed by atoms with Crippen LogP contribution in [-0.2, 0) is 10.0 Å². The second kappa shape index (κ2) is 6.84. The minimum atomic E-state index is -3.44. The van der Waals surface area contributed by atoms with E-state index in [1.807, 2.05) is 6.92 Å². The molecule has 18 heavy (non-hydrogen) atoms. The number of aromatic nitrogens is 1. The molecule has 0 saturated carbocycles. The molecule has 0 spiro atoms. The van der Waals surface area contributed by atoms with Crippen LogP contribution in [0, 0.1) is 5.92 Å². The third-order valence-electron chi connectivity index (χ3n) is 3.02. The zero-order chi connectivity index (χ0) is 13.8. The number of thiazole rings is 1. The Morgan fingerprint density at radius 3 is 2.39 bits per heavy atom. The highest BCUT2D eigenvalue weighted by molar-refractivity contribution is 7.91. The van der Waals surface area contributed by atoms with Crippen LogP contribution in [0.25, 0.3) is 0 Å². The highest BCUT2D eigenvalue weighted by atomic mass is 35.5. The summed E-state index contributed by atoms with van der Waals surface area (Å²) >= 11 is 6.70. The van der Waals surface area contributed by atoms with Gasteiger partial charge in [-0.25, -0.2) is 13.4 Å². The number of hydrogen-bond acceptors (Lipinski definition) is 4. The fraction of sp³-hybridized carbons (Fsp3) is 0.727. The third kappa shape index (κ3) is 3.66. The maximum atomic E-state index is 12.4. The first-order chi connectivity index (χ1) is 8.45. The second-order valence-corrected chi connectivity index (χ2v) is 7.85. The lowest BCUT2D eigenvalue weighted by Gasteiger charge is -2.23. The van der Waals surface area contributed by atoms with Crippen molar-refractivity contribution in [1.29, 1.82) is 0 Å². The van der Waals surface area contributed by atoms with Crippen LogP contribution in [0.2, 0.25) is 4.47 Å². The molecule has 0 aliphatic carbocycles. The van der Waals surface area contributed by atoms with E-state index >= 15 is 0 Å². The zero-order valence-electron chi connectivity index (χ0n) is 10.9. The number of hydrogen-bond donors (Lipinski definition) is 0. The van der Waals surface area contributed by atoms with Gasteiger partial charge >= 0.3 is 0 Å². The molecule has 1 heterocycles. The van der Waals surface area contributed by atoms with E-state index in [9.17, 15) is 8.42 Å². The summed E-state index contributed by atoms with van der Waals surface area (Å²) < 4.78 is 26.8. The molecule has 0 aliphatic heterocycles. The van der Waals surface area contributed by atoms with Crippen molar-refractivity contribution in [2.24, 2.45) is 5.92 Å². The Morgan fingerprint density at radius 1 is 1.39 bits per heavy atom. The molecule has 0 aromatic carbocycles. The van der Waals surface area contributed by atoms with Gasteiger partial charge in [0.2, 0.25) is 0 Å². The molecule has 0 aliphatic rings. The van der Waals surface area contributed by atoms with Crippen molar-refractivity contribution in [2.75, 3.05) is 13.1 Å². The molecule has 1 aromatic heterocycles. The maximum Gasteiger partial charge on any atom is 0.254 e. The molecule has 1 aromatic rings. The van der Waals surface area contributed by atoms with Crippen molar-refractivity contribution in [2.45, 2.75) is 37.8 Å². The number of nitrogens with zero attached hydrogens (tertiary/aromatic N) is 2. The van der Waals surface area contributed by atoms with Gasteiger partial charge in [0, 0.05) is 13.1 Å². The highest BCUT2D eigenvalue weighted by Crippen LogP contribution is 2.26. The monoisotopic (exact) mass is 310 g/mol. The second-order valence-electron chi connectivity index (χ2n) is 4.07. The average molecular weight is 311 g/mol. The van der Waals surface area contributed by atoms with Gasteiger partial charge in [0.1, 0.15) is 0 Å². The van der Waals surface area contributed by atoms with Gasteiger partial charge < -0.3 is 0 Å². The van der Waals surface area contributed by atoms with E-state index in [1.165, 1.54) is 10.5 Å². The minimum absolute atomic E-state index is 0.223. The summed E-state index contributed by atoms with van der Waals surface area (Å²) in [7, 11) is -3.44. The van der Waals surface area contributed by atoms with E-state index in [2.05, 4.69) is 18.8 Å². The van der Waals surface area contributed by atoms with Gasteiger partial charge in [0.05, 0.1) is 6.20 Å². The van der Waals surface area contributed by atoms with Gasteiger partial charge in [0.25, 0.3) is 10.0 Å². The molecule has 0 bridgehead atoms. The van der Waals surface area contributed by atoms with Crippen molar-refractivity contribution in [3.05, 3.63) is 10.7 Å². The van der Waals surface area contributed by atoms with Crippen LogP contribution in [0.1, 0.15) is 33.6 Å². The fourth-order valence-corrected chi connectivity index (χ4v) is 4.69. The third-order valence-corrected chi connectivity index (χ3v) is 6.51. The molecule has 0 N–H and O–H groups in total. The predicted octanol–water partition coefficient (Wildman–Crippen LogP) is 3.24. The lowest BCUT2D eigenvalue weighted by Crippen LogP contribution is -2.34. The topological polar surface area (TPSA) is 50.3 Å². The Labute approximate surface area is 118 Å². The minimum Gasteiger partial charge on any atom is -0.232 e. The van der Waals surface area contributed by atoms with E-state index in [0.29, 0.717) is 19.0 Å². The van der Waals surface area contributed by atoms with Crippen LogP contribution in [-0.4, -0.2) is 30.8 Å². The Morgan fingerprint density at radius 2 is 2.00 bits per heavy atom. The largest absolute Gasteiger partial charge is 0.254 e. The zero-order valence-corrected chi connectivity index (χ0v) is 13.3. The molecule has 7 heteroatoms. The summed E-state index contributed by atoms with van der Waals surface area (Å²) in [6.45, 7) is 7.04. The Balaban J connectivity index is 2.93. The molecular weight excluding hydrogens is 292 g/mol. The quantitative estimate of drug-likeness (QED) is 0.777. The standard InChI is InChI=1S/C11H19ClN2O2S2/c1-4-9(5-2)8-14(6-3)18(15,16)10-7-13-11(12)17-10/h7,9H,4-6,8H2,1-3H3. The summed E-state index contributed by atoms with van der Waals surface area (Å²) in [5.74, 6) is 0.392. The van der Waals surface area contributed by atoms with Gasteiger partial charge in [-0.05, 0) is 5.92 Å². The van der Waals surface area contributed by atoms with Gasteiger partial charge in [-0.3, -0.25) is 0 Å². The van der Waals surface area contributed by atoms with Gasteiger partial charge in [-0.1, -0.05) is 56.6 Å². The Bertz CT molecular complexity index is 469. The first-order valence-electron chi connectivity index (χ1n) is 6.07. The maximum absolute atomic E-state index is 12.4. The molecule has 0 atom stereocenters. The molecule has 0 unspecified atom stereocenters. The number of rotatable bonds is 7. The molecule has 1 rings (SSSR count). The van der Waals surface area contributed by atoms with E-state index in [-0.39, 0.29) is 8.68 Å². The van der Waals surface area contributed by atoms with Crippen LogP contribution in [0.15, 0.2) is 10.4 Å². The Kier molecular flexibility index (Phi) is 6.04. The Hall–Kier alpha value is -0.170. The molecule has 0 fully saturated rings. The summed E-state index contributed by atoms with van der Waals surface area (Å²) in [5, 5.41) is 0. The van der Waals surface area contributed by atoms with Crippen molar-refractivity contribution >= 4 is 33.0 Å². The lowest BCUT2D eigenvalue weighted by atomic mass is 10.0. The van der Waals surface area contributed by atoms with Gasteiger partial charge in [-0.2, -0.15) is 4.31 Å². The van der Waals surface area contributed by atoms with Gasteiger partial charge in [-0.15, -0.1) is 0 Å². The summed E-state index contributed by atoms with van der Waals surface area (Å²) in [5.41, 5.74) is 0. The normalized spacial score (nSPS) is 12.6. The van der Waals surface area contributed by atoms with Gasteiger partial charge in [0.15, 0.2) is 8.68 Å². The number of sulfonamides is 1. The highest BCUT2D eigenvalue weighted by Gasteiger charge is 2.26. The molecule has 0 amide bonds. The van der Waals surface area contributed by atoms with Crippen LogP contribution in [0.5, 0.6) is 0 Å². The number of halogens is 1. The molecule has 0 radical (unpaired) electrons. The molecule has 0 saturated heterocycles. The summed E-state index contributed by atoms with van der Waals surface area (Å²) in [6.07, 6.45) is 3.29. The van der Waals surface area contributed by atoms with Crippen LogP contribution < -0.4 is 0 Å². The van der Waals surface area contributed by atoms with Crippen molar-refractivity contribution in [3.8, 4) is 0 Å². The summed E-state index contributed by atoms with van der Waals surface area (Å²) in [4.78, 5) is 3.80. The van der Waals surface area contributed by atoms with E-state index < -0.39 is 10.0 Å². The van der Waals surface area contributed by atoms with Crippen LogP contribution in [0.4, 0.5) is 0 Å². The van der Waals surface area contributed by atoms with E-state index in [1.54, 1.807) is 0 Å². The predicted molar refractivity (Wildman–Crippen MR) is 75.6 cm³/mol. The van der Waals surface area contributed by atoms with E-state index in [4.69, 9.17) is 11.6 Å². The SMILES string of the molecule is CCC(CC)CN(CC)S(=O)(=O)c1cnc(Cl)s1. The smallest absolute Gasteiger partial charge is 0.232 e. The van der Waals surface area contributed by atoms with Crippen LogP contribution >= 0.6 is 22.9 Å².